The highest BCUT2D eigenvalue weighted by Gasteiger charge is 2.22. The number of ether oxygens (including phenoxy) is 1. The van der Waals surface area contributed by atoms with E-state index < -0.39 is 0 Å². The van der Waals surface area contributed by atoms with Gasteiger partial charge in [0, 0.05) is 13.2 Å². The van der Waals surface area contributed by atoms with E-state index in [1.165, 1.54) is 12.8 Å². The van der Waals surface area contributed by atoms with Crippen molar-refractivity contribution in [3.63, 3.8) is 0 Å². The highest BCUT2D eigenvalue weighted by Crippen LogP contribution is 2.21. The van der Waals surface area contributed by atoms with Gasteiger partial charge in [-0.2, -0.15) is 0 Å². The zero-order chi connectivity index (χ0) is 12.0. The number of carbonyl (C=O) groups is 1. The van der Waals surface area contributed by atoms with Gasteiger partial charge >= 0.3 is 0 Å². The molecule has 1 rings (SSSR count). The van der Waals surface area contributed by atoms with Gasteiger partial charge in [0.1, 0.15) is 6.10 Å². The molecule has 0 aliphatic carbocycles. The molecule has 0 bridgehead atoms. The molecule has 0 spiro atoms. The Morgan fingerprint density at radius 1 is 1.38 bits per heavy atom. The lowest BCUT2D eigenvalue weighted by molar-refractivity contribution is -0.130. The van der Waals surface area contributed by atoms with E-state index in [2.05, 4.69) is 26.1 Å². The van der Waals surface area contributed by atoms with E-state index in [1.807, 2.05) is 0 Å². The van der Waals surface area contributed by atoms with Crippen LogP contribution in [0.2, 0.25) is 0 Å². The van der Waals surface area contributed by atoms with E-state index in [9.17, 15) is 4.79 Å². The molecule has 94 valence electrons. The maximum absolute atomic E-state index is 11.6. The van der Waals surface area contributed by atoms with Gasteiger partial charge in [0.05, 0.1) is 0 Å². The fraction of sp³-hybridized carbons (Fsp3) is 0.923. The standard InChI is InChI=1S/C13H25NO2/c1-13(2,3)8-4-5-9-14-12(15)11-7-6-10-16-11/h11H,4-10H2,1-3H3,(H,14,15)/t11-/m0/s1. The second-order valence-corrected chi connectivity index (χ2v) is 5.81. The summed E-state index contributed by atoms with van der Waals surface area (Å²) in [5, 5.41) is 2.95. The van der Waals surface area contributed by atoms with Crippen LogP contribution in [0.3, 0.4) is 0 Å². The summed E-state index contributed by atoms with van der Waals surface area (Å²) in [5.74, 6) is 0.0771. The Bertz CT molecular complexity index is 214. The summed E-state index contributed by atoms with van der Waals surface area (Å²) >= 11 is 0. The lowest BCUT2D eigenvalue weighted by Gasteiger charge is -2.17. The van der Waals surface area contributed by atoms with Gasteiger partial charge in [-0.05, 0) is 31.1 Å². The van der Waals surface area contributed by atoms with Crippen LogP contribution in [0.4, 0.5) is 0 Å². The van der Waals surface area contributed by atoms with Gasteiger partial charge in [0.25, 0.3) is 0 Å². The number of hydrogen-bond acceptors (Lipinski definition) is 2. The molecule has 1 aliphatic heterocycles. The summed E-state index contributed by atoms with van der Waals surface area (Å²) in [6.07, 6.45) is 5.17. The van der Waals surface area contributed by atoms with Crippen molar-refractivity contribution in [2.24, 2.45) is 5.41 Å². The summed E-state index contributed by atoms with van der Waals surface area (Å²) in [4.78, 5) is 11.6. The molecule has 1 saturated heterocycles. The lowest BCUT2D eigenvalue weighted by Crippen LogP contribution is -2.34. The maximum Gasteiger partial charge on any atom is 0.249 e. The number of rotatable bonds is 5. The first-order chi connectivity index (χ1) is 7.49. The van der Waals surface area contributed by atoms with Crippen LogP contribution >= 0.6 is 0 Å². The Balaban J connectivity index is 2.00. The second kappa shape index (κ2) is 6.24. The van der Waals surface area contributed by atoms with Crippen LogP contribution < -0.4 is 5.32 Å². The summed E-state index contributed by atoms with van der Waals surface area (Å²) < 4.78 is 5.31. The van der Waals surface area contributed by atoms with Crippen LogP contribution in [0.1, 0.15) is 52.9 Å². The summed E-state index contributed by atoms with van der Waals surface area (Å²) in [6.45, 7) is 8.27. The second-order valence-electron chi connectivity index (χ2n) is 5.81. The van der Waals surface area contributed by atoms with Crippen molar-refractivity contribution in [2.45, 2.75) is 59.0 Å². The third-order valence-corrected chi connectivity index (χ3v) is 2.87. The van der Waals surface area contributed by atoms with E-state index in [0.29, 0.717) is 5.41 Å². The van der Waals surface area contributed by atoms with Crippen LogP contribution in [0.25, 0.3) is 0 Å². The number of carbonyl (C=O) groups excluding carboxylic acids is 1. The molecule has 1 amide bonds. The van der Waals surface area contributed by atoms with Gasteiger partial charge in [-0.1, -0.05) is 27.2 Å². The molecule has 0 unspecified atom stereocenters. The van der Waals surface area contributed by atoms with Crippen molar-refractivity contribution in [3.05, 3.63) is 0 Å². The third kappa shape index (κ3) is 5.50. The molecule has 16 heavy (non-hydrogen) atoms. The zero-order valence-electron chi connectivity index (χ0n) is 10.8. The van der Waals surface area contributed by atoms with E-state index in [4.69, 9.17) is 4.74 Å². The minimum atomic E-state index is -0.178. The van der Waals surface area contributed by atoms with Gasteiger partial charge in [0.15, 0.2) is 0 Å². The predicted molar refractivity (Wildman–Crippen MR) is 65.3 cm³/mol. The molecule has 3 nitrogen and oxygen atoms in total. The summed E-state index contributed by atoms with van der Waals surface area (Å²) in [5.41, 5.74) is 0.401. The number of nitrogens with one attached hydrogen (secondary N) is 1. The molecule has 1 aliphatic rings. The van der Waals surface area contributed by atoms with E-state index in [1.54, 1.807) is 0 Å². The molecule has 0 aromatic rings. The molecule has 1 N–H and O–H groups in total. The Morgan fingerprint density at radius 3 is 2.69 bits per heavy atom. The normalized spacial score (nSPS) is 21.1. The van der Waals surface area contributed by atoms with Crippen molar-refractivity contribution >= 4 is 5.91 Å². The average molecular weight is 227 g/mol. The Morgan fingerprint density at radius 2 is 2.12 bits per heavy atom. The molecule has 0 aromatic heterocycles. The minimum Gasteiger partial charge on any atom is -0.368 e. The minimum absolute atomic E-state index is 0.0771. The summed E-state index contributed by atoms with van der Waals surface area (Å²) in [6, 6.07) is 0. The molecule has 0 radical (unpaired) electrons. The molecule has 1 atom stereocenters. The number of amides is 1. The summed E-state index contributed by atoms with van der Waals surface area (Å²) in [7, 11) is 0. The van der Waals surface area contributed by atoms with E-state index >= 15 is 0 Å². The average Bonchev–Trinajstić information content (AvgIpc) is 2.67. The van der Waals surface area contributed by atoms with Gasteiger partial charge < -0.3 is 10.1 Å². The highest BCUT2D eigenvalue weighted by atomic mass is 16.5. The van der Waals surface area contributed by atoms with Crippen LogP contribution in [-0.4, -0.2) is 25.2 Å². The fourth-order valence-electron chi connectivity index (χ4n) is 1.89. The third-order valence-electron chi connectivity index (χ3n) is 2.87. The maximum atomic E-state index is 11.6. The first-order valence-corrected chi connectivity index (χ1v) is 6.38. The molecule has 1 fully saturated rings. The smallest absolute Gasteiger partial charge is 0.249 e. The van der Waals surface area contributed by atoms with Gasteiger partial charge in [-0.15, -0.1) is 0 Å². The van der Waals surface area contributed by atoms with Crippen molar-refractivity contribution in [1.29, 1.82) is 0 Å². The Labute approximate surface area is 98.9 Å². The first kappa shape index (κ1) is 13.5. The zero-order valence-corrected chi connectivity index (χ0v) is 10.8. The fourth-order valence-corrected chi connectivity index (χ4v) is 1.89. The molecular formula is C13H25NO2. The Hall–Kier alpha value is -0.570. The van der Waals surface area contributed by atoms with Crippen molar-refractivity contribution in [1.82, 2.24) is 5.32 Å². The van der Waals surface area contributed by atoms with Crippen LogP contribution in [0.15, 0.2) is 0 Å². The van der Waals surface area contributed by atoms with Gasteiger partial charge in [-0.3, -0.25) is 4.79 Å². The highest BCUT2D eigenvalue weighted by molar-refractivity contribution is 5.80. The number of unbranched alkanes of at least 4 members (excludes halogenated alkanes) is 1. The van der Waals surface area contributed by atoms with Gasteiger partial charge in [-0.25, -0.2) is 0 Å². The molecule has 1 heterocycles. The monoisotopic (exact) mass is 227 g/mol. The van der Waals surface area contributed by atoms with Gasteiger partial charge in [0.2, 0.25) is 5.91 Å². The van der Waals surface area contributed by atoms with Crippen molar-refractivity contribution < 1.29 is 9.53 Å². The van der Waals surface area contributed by atoms with Crippen molar-refractivity contribution in [2.75, 3.05) is 13.2 Å². The quantitative estimate of drug-likeness (QED) is 0.733. The molecule has 3 heteroatoms. The van der Waals surface area contributed by atoms with E-state index in [-0.39, 0.29) is 12.0 Å². The van der Waals surface area contributed by atoms with Crippen LogP contribution in [0.5, 0.6) is 0 Å². The SMILES string of the molecule is CC(C)(C)CCCCNC(=O)[C@@H]1CCCO1. The van der Waals surface area contributed by atoms with Crippen LogP contribution in [0, 0.1) is 5.41 Å². The van der Waals surface area contributed by atoms with Crippen molar-refractivity contribution in [3.8, 4) is 0 Å². The lowest BCUT2D eigenvalue weighted by atomic mass is 9.90. The number of hydrogen-bond donors (Lipinski definition) is 1. The predicted octanol–water partition coefficient (Wildman–Crippen LogP) is 2.50. The van der Waals surface area contributed by atoms with E-state index in [0.717, 1.165) is 32.4 Å². The first-order valence-electron chi connectivity index (χ1n) is 6.38. The molecule has 0 saturated carbocycles. The topological polar surface area (TPSA) is 38.3 Å². The Kier molecular flexibility index (Phi) is 5.26. The van der Waals surface area contributed by atoms with Crippen LogP contribution in [-0.2, 0) is 9.53 Å². The largest absolute Gasteiger partial charge is 0.368 e. The molecule has 0 aromatic carbocycles. The molecular weight excluding hydrogens is 202 g/mol.